The number of hydrogen-bond acceptors (Lipinski definition) is 3. The molecule has 0 amide bonds. The van der Waals surface area contributed by atoms with Crippen LogP contribution in [0.3, 0.4) is 0 Å². The van der Waals surface area contributed by atoms with E-state index >= 15 is 0 Å². The van der Waals surface area contributed by atoms with Gasteiger partial charge in [-0.15, -0.1) is 0 Å². The molecule has 1 fully saturated rings. The molecule has 116 valence electrons. The highest BCUT2D eigenvalue weighted by Crippen LogP contribution is 2.36. The fourth-order valence-corrected chi connectivity index (χ4v) is 3.33. The summed E-state index contributed by atoms with van der Waals surface area (Å²) in [6.07, 6.45) is 1.89. The molecular weight excluding hydrogens is 274 g/mol. The minimum absolute atomic E-state index is 0.164. The van der Waals surface area contributed by atoms with Crippen molar-refractivity contribution >= 4 is 0 Å². The van der Waals surface area contributed by atoms with Gasteiger partial charge in [-0.2, -0.15) is 0 Å². The summed E-state index contributed by atoms with van der Waals surface area (Å²) in [6, 6.07) is 17.8. The minimum Gasteiger partial charge on any atom is -0.508 e. The molecule has 1 heterocycles. The summed E-state index contributed by atoms with van der Waals surface area (Å²) in [7, 11) is 0. The Bertz CT molecular complexity index is 587. The van der Waals surface area contributed by atoms with E-state index < -0.39 is 0 Å². The smallest absolute Gasteiger partial charge is 0.115 e. The van der Waals surface area contributed by atoms with Crippen molar-refractivity contribution in [1.82, 2.24) is 4.90 Å². The van der Waals surface area contributed by atoms with E-state index in [1.165, 1.54) is 5.56 Å². The predicted molar refractivity (Wildman–Crippen MR) is 87.8 cm³/mol. The summed E-state index contributed by atoms with van der Waals surface area (Å²) in [5.74, 6) is 0.276. The molecule has 0 aromatic heterocycles. The van der Waals surface area contributed by atoms with Crippen LogP contribution in [0.1, 0.15) is 24.0 Å². The molecule has 2 N–H and O–H groups in total. The van der Waals surface area contributed by atoms with E-state index in [2.05, 4.69) is 29.2 Å². The van der Waals surface area contributed by atoms with Crippen LogP contribution < -0.4 is 0 Å². The number of piperidine rings is 1. The molecule has 2 aromatic carbocycles. The number of nitrogens with zero attached hydrogens (tertiary/aromatic N) is 1. The summed E-state index contributed by atoms with van der Waals surface area (Å²) >= 11 is 0. The van der Waals surface area contributed by atoms with Crippen molar-refractivity contribution < 1.29 is 10.2 Å². The number of rotatable bonds is 4. The van der Waals surface area contributed by atoms with Crippen molar-refractivity contribution in [2.24, 2.45) is 0 Å². The van der Waals surface area contributed by atoms with Gasteiger partial charge in [0.05, 0.1) is 6.61 Å². The van der Waals surface area contributed by atoms with Crippen LogP contribution in [0, 0.1) is 0 Å². The van der Waals surface area contributed by atoms with Gasteiger partial charge in [-0.05, 0) is 49.2 Å². The summed E-state index contributed by atoms with van der Waals surface area (Å²) in [5, 5.41) is 19.4. The molecule has 22 heavy (non-hydrogen) atoms. The molecule has 1 aliphatic heterocycles. The Morgan fingerprint density at radius 3 is 2.14 bits per heavy atom. The Morgan fingerprint density at radius 2 is 1.55 bits per heavy atom. The van der Waals surface area contributed by atoms with Gasteiger partial charge >= 0.3 is 0 Å². The third-order valence-corrected chi connectivity index (χ3v) is 4.84. The van der Waals surface area contributed by atoms with Crippen molar-refractivity contribution in [3.8, 4) is 5.75 Å². The van der Waals surface area contributed by atoms with Crippen LogP contribution in [-0.4, -0.2) is 34.8 Å². The van der Waals surface area contributed by atoms with Crippen molar-refractivity contribution in [2.75, 3.05) is 19.7 Å². The zero-order valence-corrected chi connectivity index (χ0v) is 12.8. The second-order valence-corrected chi connectivity index (χ2v) is 6.25. The number of phenolic OH excluding ortho intramolecular Hbond substituents is 1. The highest BCUT2D eigenvalue weighted by molar-refractivity contribution is 5.32. The molecule has 1 aliphatic rings. The van der Waals surface area contributed by atoms with Crippen molar-refractivity contribution in [3.05, 3.63) is 65.7 Å². The van der Waals surface area contributed by atoms with E-state index in [-0.39, 0.29) is 17.8 Å². The first-order valence-electron chi connectivity index (χ1n) is 7.88. The maximum atomic E-state index is 9.96. The zero-order valence-electron chi connectivity index (χ0n) is 12.8. The van der Waals surface area contributed by atoms with Gasteiger partial charge in [0.1, 0.15) is 5.75 Å². The largest absolute Gasteiger partial charge is 0.508 e. The van der Waals surface area contributed by atoms with Gasteiger partial charge in [0.2, 0.25) is 0 Å². The van der Waals surface area contributed by atoms with E-state index in [4.69, 9.17) is 0 Å². The first-order valence-corrected chi connectivity index (χ1v) is 7.88. The van der Waals surface area contributed by atoms with E-state index in [1.54, 1.807) is 12.1 Å². The monoisotopic (exact) mass is 297 g/mol. The van der Waals surface area contributed by atoms with E-state index in [0.29, 0.717) is 0 Å². The average molecular weight is 297 g/mol. The first-order chi connectivity index (χ1) is 10.7. The van der Waals surface area contributed by atoms with Gasteiger partial charge < -0.3 is 10.2 Å². The second-order valence-electron chi connectivity index (χ2n) is 6.25. The molecule has 2 aromatic rings. The van der Waals surface area contributed by atoms with Crippen LogP contribution in [0.4, 0.5) is 0 Å². The van der Waals surface area contributed by atoms with E-state index in [9.17, 15) is 10.2 Å². The fraction of sp³-hybridized carbons (Fsp3) is 0.368. The van der Waals surface area contributed by atoms with E-state index in [0.717, 1.165) is 38.0 Å². The Balaban J connectivity index is 1.67. The molecule has 0 atom stereocenters. The van der Waals surface area contributed by atoms with Crippen molar-refractivity contribution in [2.45, 2.75) is 24.8 Å². The normalized spacial score (nSPS) is 18.2. The third kappa shape index (κ3) is 3.16. The Hall–Kier alpha value is -1.84. The molecule has 0 aliphatic carbocycles. The molecule has 0 spiro atoms. The van der Waals surface area contributed by atoms with Gasteiger partial charge in [0, 0.05) is 12.0 Å². The number of phenols is 1. The Morgan fingerprint density at radius 1 is 0.909 bits per heavy atom. The summed E-state index contributed by atoms with van der Waals surface area (Å²) in [6.45, 7) is 3.10. The quantitative estimate of drug-likeness (QED) is 0.912. The van der Waals surface area contributed by atoms with Gasteiger partial charge in [0.15, 0.2) is 0 Å². The molecule has 0 radical (unpaired) electrons. The van der Waals surface area contributed by atoms with Crippen LogP contribution in [0.25, 0.3) is 0 Å². The molecule has 0 unspecified atom stereocenters. The molecule has 3 rings (SSSR count). The van der Waals surface area contributed by atoms with Gasteiger partial charge in [0.25, 0.3) is 0 Å². The number of benzene rings is 2. The number of likely N-dealkylation sites (tertiary alicyclic amines) is 1. The van der Waals surface area contributed by atoms with Crippen LogP contribution >= 0.6 is 0 Å². The molecule has 0 bridgehead atoms. The Kier molecular flexibility index (Phi) is 4.46. The highest BCUT2D eigenvalue weighted by atomic mass is 16.3. The molecule has 1 saturated heterocycles. The molecule has 0 saturated carbocycles. The lowest BCUT2D eigenvalue weighted by Gasteiger charge is -2.41. The molecular formula is C19H23NO2. The van der Waals surface area contributed by atoms with Crippen LogP contribution in [0.15, 0.2) is 54.6 Å². The van der Waals surface area contributed by atoms with Crippen LogP contribution in [-0.2, 0) is 12.0 Å². The zero-order chi connectivity index (χ0) is 15.4. The SMILES string of the molecule is OCC1(c2ccc(O)cc2)CCN(Cc2ccccc2)CC1. The standard InChI is InChI=1S/C19H23NO2/c21-15-19(17-6-8-18(22)9-7-17)10-12-20(13-11-19)14-16-4-2-1-3-5-16/h1-9,21-22H,10-15H2. The predicted octanol–water partition coefficient (Wildman–Crippen LogP) is 2.92. The summed E-state index contributed by atoms with van der Waals surface area (Å²) in [4.78, 5) is 2.45. The lowest BCUT2D eigenvalue weighted by Crippen LogP contribution is -2.44. The lowest BCUT2D eigenvalue weighted by molar-refractivity contribution is 0.0974. The van der Waals surface area contributed by atoms with Gasteiger partial charge in [-0.1, -0.05) is 42.5 Å². The second kappa shape index (κ2) is 6.51. The third-order valence-electron chi connectivity index (χ3n) is 4.84. The number of hydrogen-bond donors (Lipinski definition) is 2. The number of aromatic hydroxyl groups is 1. The maximum absolute atomic E-state index is 9.96. The average Bonchev–Trinajstić information content (AvgIpc) is 2.57. The topological polar surface area (TPSA) is 43.7 Å². The molecule has 3 nitrogen and oxygen atoms in total. The van der Waals surface area contributed by atoms with Crippen molar-refractivity contribution in [3.63, 3.8) is 0 Å². The summed E-state index contributed by atoms with van der Waals surface area (Å²) in [5.41, 5.74) is 2.30. The summed E-state index contributed by atoms with van der Waals surface area (Å²) < 4.78 is 0. The minimum atomic E-state index is -0.166. The number of aliphatic hydroxyl groups is 1. The van der Waals surface area contributed by atoms with Gasteiger partial charge in [-0.3, -0.25) is 4.90 Å². The van der Waals surface area contributed by atoms with Crippen LogP contribution in [0.2, 0.25) is 0 Å². The first kappa shape index (κ1) is 15.1. The fourth-order valence-electron chi connectivity index (χ4n) is 3.33. The van der Waals surface area contributed by atoms with Crippen LogP contribution in [0.5, 0.6) is 5.75 Å². The lowest BCUT2D eigenvalue weighted by atomic mass is 9.73. The van der Waals surface area contributed by atoms with E-state index in [1.807, 2.05) is 18.2 Å². The maximum Gasteiger partial charge on any atom is 0.115 e. The number of aliphatic hydroxyl groups excluding tert-OH is 1. The highest BCUT2D eigenvalue weighted by Gasteiger charge is 2.35. The van der Waals surface area contributed by atoms with Crippen molar-refractivity contribution in [1.29, 1.82) is 0 Å². The molecule has 3 heteroatoms. The Labute approximate surface area is 131 Å². The van der Waals surface area contributed by atoms with Gasteiger partial charge in [-0.25, -0.2) is 0 Å².